The maximum Gasteiger partial charge on any atom is 0.343 e. The first kappa shape index (κ1) is 22.8. The summed E-state index contributed by atoms with van der Waals surface area (Å²) in [5, 5.41) is 0. The summed E-state index contributed by atoms with van der Waals surface area (Å²) in [6.45, 7) is 3.70. The number of hydrogen-bond donors (Lipinski definition) is 0. The van der Waals surface area contributed by atoms with Crippen LogP contribution in [0.15, 0.2) is 11.8 Å². The van der Waals surface area contributed by atoms with Gasteiger partial charge in [0.2, 0.25) is 6.41 Å². The topological polar surface area (TPSA) is 68.3 Å². The minimum Gasteiger partial charge on any atom is -0.462 e. The molecule has 0 aromatic carbocycles. The van der Waals surface area contributed by atoms with Gasteiger partial charge < -0.3 is 19.1 Å². The molecule has 0 saturated carbocycles. The number of ketones is 1. The number of Topliss-reactive ketones (excluding diaryl/α,β-unsaturated/α-hetero) is 1. The van der Waals surface area contributed by atoms with E-state index in [1.165, 1.54) is 6.20 Å². The summed E-state index contributed by atoms with van der Waals surface area (Å²) in [6.07, 6.45) is 1.58. The normalized spacial score (nSPS) is 11.1. The van der Waals surface area contributed by atoms with Crippen molar-refractivity contribution in [3.05, 3.63) is 11.8 Å². The molecule has 0 aliphatic heterocycles. The number of rotatable bonds is 8. The van der Waals surface area contributed by atoms with Crippen LogP contribution in [0.3, 0.4) is 0 Å². The van der Waals surface area contributed by atoms with Gasteiger partial charge in [0.15, 0.2) is 5.78 Å². The van der Waals surface area contributed by atoms with Gasteiger partial charge in [-0.3, -0.25) is 9.69 Å². The smallest absolute Gasteiger partial charge is 0.343 e. The van der Waals surface area contributed by atoms with Crippen LogP contribution in [0.4, 0.5) is 0 Å². The SMILES string of the molecule is CCOC(=O)C(=CN(C)C)C(=O)CC.COC(OC)N(C)C. The Labute approximate surface area is 133 Å². The summed E-state index contributed by atoms with van der Waals surface area (Å²) in [5.41, 5.74) is 0.111. The quantitative estimate of drug-likeness (QED) is 0.218. The lowest BCUT2D eigenvalue weighted by Crippen LogP contribution is -2.30. The first-order valence-electron chi connectivity index (χ1n) is 7.05. The third-order valence-electron chi connectivity index (χ3n) is 2.33. The molecule has 0 amide bonds. The third-order valence-corrected chi connectivity index (χ3v) is 2.33. The van der Waals surface area contributed by atoms with Crippen molar-refractivity contribution in [2.45, 2.75) is 26.7 Å². The van der Waals surface area contributed by atoms with Crippen molar-refractivity contribution in [3.8, 4) is 0 Å². The zero-order valence-electron chi connectivity index (χ0n) is 15.0. The van der Waals surface area contributed by atoms with E-state index in [9.17, 15) is 9.59 Å². The molecule has 0 aromatic rings. The van der Waals surface area contributed by atoms with E-state index in [1.807, 2.05) is 19.0 Å². The minimum absolute atomic E-state index is 0.111. The molecule has 0 saturated heterocycles. The molecule has 0 aromatic heterocycles. The fourth-order valence-corrected chi connectivity index (χ4v) is 1.41. The number of carbonyl (C=O) groups excluding carboxylic acids is 2. The van der Waals surface area contributed by atoms with Gasteiger partial charge in [-0.25, -0.2) is 4.79 Å². The molecule has 0 aliphatic carbocycles. The maximum absolute atomic E-state index is 11.4. The van der Waals surface area contributed by atoms with Gasteiger partial charge in [-0.1, -0.05) is 6.92 Å². The van der Waals surface area contributed by atoms with Gasteiger partial charge in [0.25, 0.3) is 0 Å². The highest BCUT2D eigenvalue weighted by Gasteiger charge is 2.17. The van der Waals surface area contributed by atoms with E-state index in [1.54, 1.807) is 47.1 Å². The average molecular weight is 318 g/mol. The second-order valence-electron chi connectivity index (χ2n) is 4.75. The molecule has 7 heteroatoms. The van der Waals surface area contributed by atoms with Crippen molar-refractivity contribution in [2.75, 3.05) is 49.0 Å². The van der Waals surface area contributed by atoms with E-state index in [0.717, 1.165) is 0 Å². The van der Waals surface area contributed by atoms with E-state index in [-0.39, 0.29) is 24.4 Å². The number of ether oxygens (including phenoxy) is 3. The van der Waals surface area contributed by atoms with E-state index in [2.05, 4.69) is 0 Å². The molecule has 0 rings (SSSR count). The maximum atomic E-state index is 11.4. The number of hydrogen-bond acceptors (Lipinski definition) is 7. The van der Waals surface area contributed by atoms with Gasteiger partial charge in [0.1, 0.15) is 5.57 Å². The molecule has 0 spiro atoms. The first-order valence-corrected chi connectivity index (χ1v) is 7.05. The lowest BCUT2D eigenvalue weighted by atomic mass is 10.1. The summed E-state index contributed by atoms with van der Waals surface area (Å²) in [6, 6.07) is 0. The van der Waals surface area contributed by atoms with Gasteiger partial charge in [-0.2, -0.15) is 0 Å². The Balaban J connectivity index is 0. The van der Waals surface area contributed by atoms with Gasteiger partial charge in [0, 0.05) is 40.9 Å². The molecule has 0 radical (unpaired) electrons. The number of carbonyl (C=O) groups is 2. The highest BCUT2D eigenvalue weighted by Crippen LogP contribution is 2.04. The fraction of sp³-hybridized carbons (Fsp3) is 0.733. The standard InChI is InChI=1S/C10H17NO3.C5H13NO2/c1-5-9(12)8(7-11(3)4)10(13)14-6-2;1-6(2)5(7-3)8-4/h7H,5-6H2,1-4H3;5H,1-4H3. The van der Waals surface area contributed by atoms with Crippen molar-refractivity contribution in [1.29, 1.82) is 0 Å². The number of esters is 1. The van der Waals surface area contributed by atoms with Crippen LogP contribution in [0.25, 0.3) is 0 Å². The van der Waals surface area contributed by atoms with Crippen molar-refractivity contribution in [3.63, 3.8) is 0 Å². The van der Waals surface area contributed by atoms with Crippen LogP contribution in [0.5, 0.6) is 0 Å². The highest BCUT2D eigenvalue weighted by atomic mass is 16.7. The summed E-state index contributed by atoms with van der Waals surface area (Å²) >= 11 is 0. The van der Waals surface area contributed by atoms with E-state index in [4.69, 9.17) is 14.2 Å². The van der Waals surface area contributed by atoms with Crippen LogP contribution in [0, 0.1) is 0 Å². The van der Waals surface area contributed by atoms with Crippen molar-refractivity contribution in [1.82, 2.24) is 9.80 Å². The summed E-state index contributed by atoms with van der Waals surface area (Å²) in [7, 11) is 10.5. The molecule has 0 fully saturated rings. The molecular weight excluding hydrogens is 288 g/mol. The van der Waals surface area contributed by atoms with Crippen LogP contribution in [0.1, 0.15) is 20.3 Å². The molecule has 0 N–H and O–H groups in total. The van der Waals surface area contributed by atoms with Crippen molar-refractivity contribution in [2.24, 2.45) is 0 Å². The van der Waals surface area contributed by atoms with Crippen LogP contribution < -0.4 is 0 Å². The molecular formula is C15H30N2O5. The molecule has 7 nitrogen and oxygen atoms in total. The van der Waals surface area contributed by atoms with Gasteiger partial charge in [0.05, 0.1) is 6.61 Å². The molecule has 0 atom stereocenters. The Morgan fingerprint density at radius 1 is 1.05 bits per heavy atom. The Morgan fingerprint density at radius 2 is 1.55 bits per heavy atom. The van der Waals surface area contributed by atoms with Crippen molar-refractivity contribution >= 4 is 11.8 Å². The average Bonchev–Trinajstić information content (AvgIpc) is 2.45. The predicted octanol–water partition coefficient (Wildman–Crippen LogP) is 1.10. The van der Waals surface area contributed by atoms with E-state index < -0.39 is 5.97 Å². The Bertz CT molecular complexity index is 350. The zero-order chi connectivity index (χ0) is 17.7. The van der Waals surface area contributed by atoms with E-state index in [0.29, 0.717) is 6.42 Å². The summed E-state index contributed by atoms with van der Waals surface area (Å²) < 4.78 is 14.5. The van der Waals surface area contributed by atoms with Crippen LogP contribution in [0.2, 0.25) is 0 Å². The fourth-order valence-electron chi connectivity index (χ4n) is 1.41. The molecule has 0 aliphatic rings. The highest BCUT2D eigenvalue weighted by molar-refractivity contribution is 6.17. The third kappa shape index (κ3) is 10.3. The first-order chi connectivity index (χ1) is 10.2. The number of nitrogens with zero attached hydrogens (tertiary/aromatic N) is 2. The Hall–Kier alpha value is -1.44. The van der Waals surface area contributed by atoms with Crippen molar-refractivity contribution < 1.29 is 23.8 Å². The zero-order valence-corrected chi connectivity index (χ0v) is 15.0. The lowest BCUT2D eigenvalue weighted by molar-refractivity contribution is -0.179. The second kappa shape index (κ2) is 13.2. The van der Waals surface area contributed by atoms with Gasteiger partial charge in [-0.15, -0.1) is 0 Å². The predicted molar refractivity (Wildman–Crippen MR) is 85.2 cm³/mol. The summed E-state index contributed by atoms with van der Waals surface area (Å²) in [5.74, 6) is -0.745. The molecule has 0 unspecified atom stereocenters. The van der Waals surface area contributed by atoms with Gasteiger partial charge in [-0.05, 0) is 21.0 Å². The van der Waals surface area contributed by atoms with Crippen LogP contribution >= 0.6 is 0 Å². The molecule has 22 heavy (non-hydrogen) atoms. The second-order valence-corrected chi connectivity index (χ2v) is 4.75. The molecule has 130 valence electrons. The number of methoxy groups -OCH3 is 2. The Morgan fingerprint density at radius 3 is 1.77 bits per heavy atom. The summed E-state index contributed by atoms with van der Waals surface area (Å²) in [4.78, 5) is 26.2. The van der Waals surface area contributed by atoms with Crippen LogP contribution in [-0.2, 0) is 23.8 Å². The van der Waals surface area contributed by atoms with E-state index >= 15 is 0 Å². The van der Waals surface area contributed by atoms with Gasteiger partial charge >= 0.3 is 5.97 Å². The monoisotopic (exact) mass is 318 g/mol. The molecule has 0 heterocycles. The molecule has 0 bridgehead atoms. The van der Waals surface area contributed by atoms with Crippen LogP contribution in [-0.4, -0.2) is 77.0 Å². The minimum atomic E-state index is -0.548. The largest absolute Gasteiger partial charge is 0.462 e. The lowest BCUT2D eigenvalue weighted by Gasteiger charge is -2.19. The Kier molecular flexibility index (Phi) is 13.7.